The molecule has 0 bridgehead atoms. The van der Waals surface area contributed by atoms with Crippen LogP contribution < -0.4 is 0 Å². The van der Waals surface area contributed by atoms with Crippen LogP contribution in [0.3, 0.4) is 0 Å². The van der Waals surface area contributed by atoms with Gasteiger partial charge in [-0.05, 0) is 6.92 Å². The zero-order valence-electron chi connectivity index (χ0n) is 5.82. The van der Waals surface area contributed by atoms with Crippen molar-refractivity contribution >= 4 is 17.3 Å². The van der Waals surface area contributed by atoms with Gasteiger partial charge in [-0.2, -0.15) is 5.10 Å². The van der Waals surface area contributed by atoms with Crippen molar-refractivity contribution in [1.82, 2.24) is 9.78 Å². The number of hydrogen-bond donors (Lipinski definition) is 0. The molecule has 0 atom stereocenters. The maximum Gasteiger partial charge on any atom is 0.325 e. The molecule has 1 rings (SSSR count). The fourth-order valence-electron chi connectivity index (χ4n) is 0.672. The summed E-state index contributed by atoms with van der Waals surface area (Å²) in [5, 5.41) is 13.9. The van der Waals surface area contributed by atoms with Gasteiger partial charge in [0.25, 0.3) is 0 Å². The van der Waals surface area contributed by atoms with E-state index in [1.807, 2.05) is 6.92 Å². The van der Waals surface area contributed by atoms with E-state index in [1.165, 1.54) is 10.9 Å². The second kappa shape index (κ2) is 2.87. The van der Waals surface area contributed by atoms with E-state index in [9.17, 15) is 10.1 Å². The van der Waals surface area contributed by atoms with E-state index in [4.69, 9.17) is 11.6 Å². The van der Waals surface area contributed by atoms with Gasteiger partial charge in [0, 0.05) is 6.54 Å². The Hall–Kier alpha value is -1.10. The van der Waals surface area contributed by atoms with Gasteiger partial charge in [0.05, 0.1) is 4.92 Å². The zero-order valence-corrected chi connectivity index (χ0v) is 6.58. The van der Waals surface area contributed by atoms with Gasteiger partial charge in [-0.1, -0.05) is 11.6 Å². The van der Waals surface area contributed by atoms with Crippen LogP contribution in [0.1, 0.15) is 6.92 Å². The summed E-state index contributed by atoms with van der Waals surface area (Å²) >= 11 is 5.45. The molecular formula is C5H6ClN3O2. The summed E-state index contributed by atoms with van der Waals surface area (Å²) in [4.78, 5) is 9.66. The van der Waals surface area contributed by atoms with E-state index < -0.39 is 4.92 Å². The third-order valence-corrected chi connectivity index (χ3v) is 1.49. The van der Waals surface area contributed by atoms with Crippen molar-refractivity contribution in [2.24, 2.45) is 0 Å². The minimum Gasteiger partial charge on any atom is -0.264 e. The highest BCUT2D eigenvalue weighted by Gasteiger charge is 2.15. The Kier molecular flexibility index (Phi) is 2.09. The summed E-state index contributed by atoms with van der Waals surface area (Å²) in [7, 11) is 0. The lowest BCUT2D eigenvalue weighted by molar-refractivity contribution is -0.384. The Labute approximate surface area is 67.7 Å². The molecule has 6 heteroatoms. The molecule has 0 aliphatic rings. The Morgan fingerprint density at radius 3 is 2.82 bits per heavy atom. The topological polar surface area (TPSA) is 61.0 Å². The largest absolute Gasteiger partial charge is 0.325 e. The highest BCUT2D eigenvalue weighted by atomic mass is 35.5. The Morgan fingerprint density at radius 2 is 2.55 bits per heavy atom. The maximum absolute atomic E-state index is 10.2. The maximum atomic E-state index is 10.2. The van der Waals surface area contributed by atoms with Gasteiger partial charge in [0.2, 0.25) is 5.15 Å². The van der Waals surface area contributed by atoms with Gasteiger partial charge in [-0.3, -0.25) is 14.8 Å². The lowest BCUT2D eigenvalue weighted by Gasteiger charge is -1.87. The molecule has 1 aromatic rings. The molecule has 1 heterocycles. The van der Waals surface area contributed by atoms with E-state index in [-0.39, 0.29) is 10.8 Å². The molecule has 0 N–H and O–H groups in total. The molecule has 0 aromatic carbocycles. The zero-order chi connectivity index (χ0) is 8.43. The van der Waals surface area contributed by atoms with Gasteiger partial charge in [-0.15, -0.1) is 0 Å². The van der Waals surface area contributed by atoms with Crippen LogP contribution in [0.4, 0.5) is 5.69 Å². The summed E-state index contributed by atoms with van der Waals surface area (Å²) in [6, 6.07) is 0. The van der Waals surface area contributed by atoms with E-state index in [0.29, 0.717) is 6.54 Å². The molecule has 5 nitrogen and oxygen atoms in total. The monoisotopic (exact) mass is 175 g/mol. The number of aromatic nitrogens is 2. The van der Waals surface area contributed by atoms with Crippen LogP contribution >= 0.6 is 11.6 Å². The first kappa shape index (κ1) is 8.00. The second-order valence-corrected chi connectivity index (χ2v) is 2.28. The van der Waals surface area contributed by atoms with Crippen LogP contribution in [0.15, 0.2) is 6.20 Å². The predicted octanol–water partition coefficient (Wildman–Crippen LogP) is 1.46. The molecular weight excluding hydrogens is 170 g/mol. The molecule has 0 unspecified atom stereocenters. The second-order valence-electron chi connectivity index (χ2n) is 1.92. The first-order valence-corrected chi connectivity index (χ1v) is 3.40. The summed E-state index contributed by atoms with van der Waals surface area (Å²) in [6.07, 6.45) is 1.31. The Morgan fingerprint density at radius 1 is 1.91 bits per heavy atom. The number of hydrogen-bond acceptors (Lipinski definition) is 3. The highest BCUT2D eigenvalue weighted by molar-refractivity contribution is 6.31. The number of nitrogens with zero attached hydrogens (tertiary/aromatic N) is 3. The molecule has 0 radical (unpaired) electrons. The fourth-order valence-corrected chi connectivity index (χ4v) is 0.887. The SMILES string of the molecule is CCn1cc([N+](=O)[O-])c(Cl)n1. The van der Waals surface area contributed by atoms with Crippen molar-refractivity contribution in [1.29, 1.82) is 0 Å². The Bertz CT molecular complexity index is 283. The first-order chi connectivity index (χ1) is 5.15. The van der Waals surface area contributed by atoms with Crippen LogP contribution in [0.25, 0.3) is 0 Å². The van der Waals surface area contributed by atoms with Crippen LogP contribution in [0, 0.1) is 10.1 Å². The third-order valence-electron chi connectivity index (χ3n) is 1.22. The average Bonchev–Trinajstić information content (AvgIpc) is 2.30. The van der Waals surface area contributed by atoms with Gasteiger partial charge < -0.3 is 0 Å². The molecule has 0 spiro atoms. The van der Waals surface area contributed by atoms with E-state index >= 15 is 0 Å². The smallest absolute Gasteiger partial charge is 0.264 e. The molecule has 0 aliphatic heterocycles. The predicted molar refractivity (Wildman–Crippen MR) is 39.6 cm³/mol. The number of aryl methyl sites for hydroxylation is 1. The third kappa shape index (κ3) is 1.48. The molecule has 0 saturated carbocycles. The number of nitro groups is 1. The van der Waals surface area contributed by atoms with Crippen LogP contribution in [0.5, 0.6) is 0 Å². The molecule has 1 aromatic heterocycles. The van der Waals surface area contributed by atoms with Crippen molar-refractivity contribution in [3.8, 4) is 0 Å². The minimum absolute atomic E-state index is 0.0585. The summed E-state index contributed by atoms with van der Waals surface area (Å²) < 4.78 is 1.42. The average molecular weight is 176 g/mol. The van der Waals surface area contributed by atoms with Crippen LogP contribution in [0.2, 0.25) is 5.15 Å². The van der Waals surface area contributed by atoms with Gasteiger partial charge in [0.15, 0.2) is 0 Å². The number of rotatable bonds is 2. The first-order valence-electron chi connectivity index (χ1n) is 3.02. The molecule has 0 fully saturated rings. The van der Waals surface area contributed by atoms with Gasteiger partial charge in [0.1, 0.15) is 6.20 Å². The molecule has 0 saturated heterocycles. The quantitative estimate of drug-likeness (QED) is 0.505. The van der Waals surface area contributed by atoms with Crippen LogP contribution in [-0.4, -0.2) is 14.7 Å². The molecule has 11 heavy (non-hydrogen) atoms. The summed E-state index contributed by atoms with van der Waals surface area (Å²) in [5.74, 6) is 0. The summed E-state index contributed by atoms with van der Waals surface area (Å²) in [5.41, 5.74) is -0.145. The fraction of sp³-hybridized carbons (Fsp3) is 0.400. The van der Waals surface area contributed by atoms with Crippen molar-refractivity contribution < 1.29 is 4.92 Å². The molecule has 0 aliphatic carbocycles. The van der Waals surface area contributed by atoms with Crippen molar-refractivity contribution in [2.45, 2.75) is 13.5 Å². The standard InChI is InChI=1S/C5H6ClN3O2/c1-2-8-3-4(9(10)11)5(6)7-8/h3H,2H2,1H3. The Balaban J connectivity index is 3.07. The molecule has 60 valence electrons. The molecule has 0 amide bonds. The van der Waals surface area contributed by atoms with E-state index in [1.54, 1.807) is 0 Å². The van der Waals surface area contributed by atoms with Gasteiger partial charge in [-0.25, -0.2) is 0 Å². The normalized spacial score (nSPS) is 10.0. The van der Waals surface area contributed by atoms with Crippen molar-refractivity contribution in [3.63, 3.8) is 0 Å². The number of halogens is 1. The minimum atomic E-state index is -0.554. The van der Waals surface area contributed by atoms with Crippen molar-refractivity contribution in [2.75, 3.05) is 0 Å². The van der Waals surface area contributed by atoms with E-state index in [2.05, 4.69) is 5.10 Å². The van der Waals surface area contributed by atoms with Crippen LogP contribution in [-0.2, 0) is 6.54 Å². The van der Waals surface area contributed by atoms with Crippen molar-refractivity contribution in [3.05, 3.63) is 21.5 Å². The van der Waals surface area contributed by atoms with Gasteiger partial charge >= 0.3 is 5.69 Å². The summed E-state index contributed by atoms with van der Waals surface area (Å²) in [6.45, 7) is 2.40. The van der Waals surface area contributed by atoms with E-state index in [0.717, 1.165) is 0 Å². The lowest BCUT2D eigenvalue weighted by atomic mass is 10.6. The lowest BCUT2D eigenvalue weighted by Crippen LogP contribution is -1.92. The highest BCUT2D eigenvalue weighted by Crippen LogP contribution is 2.20.